The van der Waals surface area contributed by atoms with Gasteiger partial charge >= 0.3 is 0 Å². The summed E-state index contributed by atoms with van der Waals surface area (Å²) in [6, 6.07) is 0. The maximum atomic E-state index is 5.77. The first-order chi connectivity index (χ1) is 8.58. The lowest BCUT2D eigenvalue weighted by Crippen LogP contribution is -2.36. The molecule has 18 heavy (non-hydrogen) atoms. The quantitative estimate of drug-likeness (QED) is 0.871. The molecule has 0 spiro atoms. The largest absolute Gasteiger partial charge is 0.378 e. The van der Waals surface area contributed by atoms with Crippen molar-refractivity contribution in [3.63, 3.8) is 0 Å². The molecule has 0 radical (unpaired) electrons. The molecule has 2 atom stereocenters. The highest BCUT2D eigenvalue weighted by Gasteiger charge is 2.29. The average molecular weight is 251 g/mol. The molecule has 1 aliphatic rings. The summed E-state index contributed by atoms with van der Waals surface area (Å²) in [6.07, 6.45) is 6.59. The van der Waals surface area contributed by atoms with Gasteiger partial charge in [-0.2, -0.15) is 0 Å². The zero-order valence-electron chi connectivity index (χ0n) is 11.9. The summed E-state index contributed by atoms with van der Waals surface area (Å²) in [6.45, 7) is 8.49. The fraction of sp³-hybridized carbons (Fsp3) is 0.786. The Morgan fingerprint density at radius 2 is 2.33 bits per heavy atom. The Labute approximate surface area is 110 Å². The van der Waals surface area contributed by atoms with E-state index < -0.39 is 0 Å². The van der Waals surface area contributed by atoms with Crippen LogP contribution in [0.3, 0.4) is 0 Å². The maximum absolute atomic E-state index is 5.77. The standard InChI is InChI=1S/C14H25N3O/c1-5-12-11(6-7-18-12)9-17-10-16-8-13(17)14(2,3)15-4/h8,10-12,15H,5-7,9H2,1-4H3. The Morgan fingerprint density at radius 1 is 1.56 bits per heavy atom. The Kier molecular flexibility index (Phi) is 4.07. The third kappa shape index (κ3) is 2.59. The van der Waals surface area contributed by atoms with Gasteiger partial charge in [0.05, 0.1) is 23.7 Å². The minimum atomic E-state index is -0.0440. The van der Waals surface area contributed by atoms with Crippen LogP contribution < -0.4 is 5.32 Å². The Morgan fingerprint density at radius 3 is 3.00 bits per heavy atom. The molecule has 0 bridgehead atoms. The molecule has 4 heteroatoms. The zero-order chi connectivity index (χ0) is 13.2. The molecule has 0 amide bonds. The van der Waals surface area contributed by atoms with Crippen LogP contribution in [0.15, 0.2) is 12.5 Å². The van der Waals surface area contributed by atoms with Crippen molar-refractivity contribution in [1.82, 2.24) is 14.9 Å². The Bertz CT molecular complexity index is 386. The van der Waals surface area contributed by atoms with Gasteiger partial charge in [-0.3, -0.25) is 0 Å². The summed E-state index contributed by atoms with van der Waals surface area (Å²) in [5.74, 6) is 0.621. The normalized spacial score (nSPS) is 24.7. The SMILES string of the molecule is CCC1OCCC1Cn1cncc1C(C)(C)NC. The summed E-state index contributed by atoms with van der Waals surface area (Å²) < 4.78 is 8.04. The number of ether oxygens (including phenoxy) is 1. The topological polar surface area (TPSA) is 39.1 Å². The van der Waals surface area contributed by atoms with Crippen molar-refractivity contribution >= 4 is 0 Å². The van der Waals surface area contributed by atoms with Crippen molar-refractivity contribution < 1.29 is 4.74 Å². The van der Waals surface area contributed by atoms with Crippen LogP contribution in [-0.2, 0) is 16.8 Å². The molecule has 4 nitrogen and oxygen atoms in total. The van der Waals surface area contributed by atoms with Crippen molar-refractivity contribution in [2.75, 3.05) is 13.7 Å². The monoisotopic (exact) mass is 251 g/mol. The van der Waals surface area contributed by atoms with E-state index >= 15 is 0 Å². The minimum Gasteiger partial charge on any atom is -0.378 e. The molecule has 102 valence electrons. The first-order valence-electron chi connectivity index (χ1n) is 6.89. The lowest BCUT2D eigenvalue weighted by molar-refractivity contribution is 0.0830. The van der Waals surface area contributed by atoms with E-state index in [4.69, 9.17) is 4.74 Å². The molecular weight excluding hydrogens is 226 g/mol. The van der Waals surface area contributed by atoms with Crippen molar-refractivity contribution in [2.45, 2.75) is 51.8 Å². The van der Waals surface area contributed by atoms with Crippen LogP contribution in [0.5, 0.6) is 0 Å². The van der Waals surface area contributed by atoms with E-state index in [0.717, 1.165) is 26.0 Å². The molecule has 0 aliphatic carbocycles. The van der Waals surface area contributed by atoms with Crippen molar-refractivity contribution in [2.24, 2.45) is 5.92 Å². The molecule has 2 heterocycles. The van der Waals surface area contributed by atoms with Crippen LogP contribution in [0.2, 0.25) is 0 Å². The molecule has 1 aromatic rings. The van der Waals surface area contributed by atoms with Crippen LogP contribution in [0.25, 0.3) is 0 Å². The summed E-state index contributed by atoms with van der Waals surface area (Å²) >= 11 is 0. The van der Waals surface area contributed by atoms with Crippen LogP contribution >= 0.6 is 0 Å². The van der Waals surface area contributed by atoms with Gasteiger partial charge in [0.15, 0.2) is 0 Å². The zero-order valence-corrected chi connectivity index (χ0v) is 11.9. The highest BCUT2D eigenvalue weighted by molar-refractivity contribution is 5.11. The molecule has 0 saturated carbocycles. The second-order valence-corrected chi connectivity index (χ2v) is 5.67. The second kappa shape index (κ2) is 5.41. The van der Waals surface area contributed by atoms with E-state index in [1.807, 2.05) is 19.6 Å². The predicted molar refractivity (Wildman–Crippen MR) is 72.5 cm³/mol. The third-order valence-corrected chi connectivity index (χ3v) is 4.16. The summed E-state index contributed by atoms with van der Waals surface area (Å²) in [7, 11) is 1.99. The van der Waals surface area contributed by atoms with E-state index in [0.29, 0.717) is 12.0 Å². The Balaban J connectivity index is 2.13. The maximum Gasteiger partial charge on any atom is 0.0948 e. The lowest BCUT2D eigenvalue weighted by atomic mass is 9.97. The number of rotatable bonds is 5. The summed E-state index contributed by atoms with van der Waals surface area (Å²) in [5.41, 5.74) is 1.20. The summed E-state index contributed by atoms with van der Waals surface area (Å²) in [4.78, 5) is 4.31. The number of imidazole rings is 1. The number of nitrogens with one attached hydrogen (secondary N) is 1. The van der Waals surface area contributed by atoms with Crippen LogP contribution in [-0.4, -0.2) is 29.3 Å². The van der Waals surface area contributed by atoms with Crippen molar-refractivity contribution in [3.05, 3.63) is 18.2 Å². The average Bonchev–Trinajstić information content (AvgIpc) is 2.98. The summed E-state index contributed by atoms with van der Waals surface area (Å²) in [5, 5.41) is 3.34. The molecule has 1 saturated heterocycles. The third-order valence-electron chi connectivity index (χ3n) is 4.16. The molecule has 1 N–H and O–H groups in total. The lowest BCUT2D eigenvalue weighted by Gasteiger charge is -2.27. The van der Waals surface area contributed by atoms with Gasteiger partial charge in [0, 0.05) is 25.3 Å². The van der Waals surface area contributed by atoms with Crippen LogP contribution in [0.1, 0.15) is 39.3 Å². The van der Waals surface area contributed by atoms with Gasteiger partial charge in [-0.25, -0.2) is 4.98 Å². The van der Waals surface area contributed by atoms with Gasteiger partial charge in [-0.15, -0.1) is 0 Å². The van der Waals surface area contributed by atoms with Gasteiger partial charge in [0.1, 0.15) is 0 Å². The molecule has 1 aliphatic heterocycles. The van der Waals surface area contributed by atoms with E-state index in [2.05, 4.69) is 35.6 Å². The predicted octanol–water partition coefficient (Wildman–Crippen LogP) is 2.15. The highest BCUT2D eigenvalue weighted by atomic mass is 16.5. The fourth-order valence-electron chi connectivity index (χ4n) is 2.72. The van der Waals surface area contributed by atoms with Crippen molar-refractivity contribution in [3.8, 4) is 0 Å². The smallest absolute Gasteiger partial charge is 0.0948 e. The van der Waals surface area contributed by atoms with E-state index in [1.165, 1.54) is 5.69 Å². The fourth-order valence-corrected chi connectivity index (χ4v) is 2.72. The molecule has 1 fully saturated rings. The van der Waals surface area contributed by atoms with Gasteiger partial charge in [-0.05, 0) is 33.7 Å². The van der Waals surface area contributed by atoms with E-state index in [-0.39, 0.29) is 5.54 Å². The van der Waals surface area contributed by atoms with Gasteiger partial charge in [0.25, 0.3) is 0 Å². The molecule has 1 aromatic heterocycles. The van der Waals surface area contributed by atoms with Gasteiger partial charge < -0.3 is 14.6 Å². The minimum absolute atomic E-state index is 0.0440. The van der Waals surface area contributed by atoms with E-state index in [9.17, 15) is 0 Å². The van der Waals surface area contributed by atoms with E-state index in [1.54, 1.807) is 0 Å². The second-order valence-electron chi connectivity index (χ2n) is 5.67. The highest BCUT2D eigenvalue weighted by Crippen LogP contribution is 2.27. The number of nitrogens with zero attached hydrogens (tertiary/aromatic N) is 2. The number of hydrogen-bond donors (Lipinski definition) is 1. The Hall–Kier alpha value is -0.870. The molecule has 2 unspecified atom stereocenters. The van der Waals surface area contributed by atoms with Gasteiger partial charge in [-0.1, -0.05) is 6.92 Å². The van der Waals surface area contributed by atoms with Gasteiger partial charge in [0.2, 0.25) is 0 Å². The number of hydrogen-bond acceptors (Lipinski definition) is 3. The first-order valence-corrected chi connectivity index (χ1v) is 6.89. The molecular formula is C14H25N3O. The van der Waals surface area contributed by atoms with Crippen LogP contribution in [0.4, 0.5) is 0 Å². The first kappa shape index (κ1) is 13.6. The molecule has 0 aromatic carbocycles. The molecule has 2 rings (SSSR count). The number of aromatic nitrogens is 2. The van der Waals surface area contributed by atoms with Crippen LogP contribution in [0, 0.1) is 5.92 Å². The van der Waals surface area contributed by atoms with Crippen molar-refractivity contribution in [1.29, 1.82) is 0 Å².